The molecule has 0 saturated carbocycles. The van der Waals surface area contributed by atoms with E-state index in [0.717, 1.165) is 18.2 Å². The quantitative estimate of drug-likeness (QED) is 0.598. The van der Waals surface area contributed by atoms with Crippen molar-refractivity contribution in [2.24, 2.45) is 0 Å². The minimum atomic E-state index is -1.75. The molecule has 0 aliphatic carbocycles. The summed E-state index contributed by atoms with van der Waals surface area (Å²) in [6.07, 6.45) is -1.75. The fourth-order valence-corrected chi connectivity index (χ4v) is 1.18. The third kappa shape index (κ3) is 2.31. The highest BCUT2D eigenvalue weighted by atomic mass is 19.1. The Balaban J connectivity index is 3.28. The monoisotopic (exact) mass is 229 g/mol. The lowest BCUT2D eigenvalue weighted by Crippen LogP contribution is -2.05. The predicted octanol–water partition coefficient (Wildman–Crippen LogP) is 1.30. The number of rotatable bonds is 4. The minimum Gasteiger partial charge on any atom is -0.477 e. The number of aromatic carboxylic acids is 1. The Bertz CT molecular complexity index is 434. The molecule has 1 aromatic rings. The van der Waals surface area contributed by atoms with E-state index < -0.39 is 34.9 Å². The van der Waals surface area contributed by atoms with Crippen LogP contribution in [0.4, 0.5) is 10.1 Å². The number of aliphatic hydroxyl groups is 1. The number of carboxylic acid groups (broad SMARTS) is 1. The van der Waals surface area contributed by atoms with Crippen LogP contribution in [0.25, 0.3) is 0 Å². The summed E-state index contributed by atoms with van der Waals surface area (Å²) in [6.45, 7) is -0.809. The van der Waals surface area contributed by atoms with E-state index in [1.807, 2.05) is 0 Å². The molecule has 7 heteroatoms. The first-order valence-electron chi connectivity index (χ1n) is 4.24. The number of nitro benzene ring substituents is 1. The molecule has 1 aromatic carbocycles. The van der Waals surface area contributed by atoms with Gasteiger partial charge < -0.3 is 10.2 Å². The normalized spacial score (nSPS) is 12.1. The van der Waals surface area contributed by atoms with Crippen LogP contribution in [0.3, 0.4) is 0 Å². The van der Waals surface area contributed by atoms with Crippen LogP contribution in [-0.2, 0) is 0 Å². The summed E-state index contributed by atoms with van der Waals surface area (Å²) in [5.74, 6) is -1.52. The van der Waals surface area contributed by atoms with Gasteiger partial charge in [0.1, 0.15) is 11.7 Å². The number of carboxylic acids is 1. The average molecular weight is 229 g/mol. The Labute approximate surface area is 89.1 Å². The van der Waals surface area contributed by atoms with Crippen molar-refractivity contribution >= 4 is 11.7 Å². The molecule has 1 atom stereocenters. The maximum atomic E-state index is 13.0. The molecule has 0 spiro atoms. The fraction of sp³-hybridized carbons (Fsp3) is 0.222. The Morgan fingerprint density at radius 1 is 1.56 bits per heavy atom. The minimum absolute atomic E-state index is 0.106. The van der Waals surface area contributed by atoms with Crippen LogP contribution in [0.2, 0.25) is 0 Å². The topological polar surface area (TPSA) is 101 Å². The van der Waals surface area contributed by atoms with E-state index in [0.29, 0.717) is 0 Å². The van der Waals surface area contributed by atoms with Crippen molar-refractivity contribution in [3.05, 3.63) is 39.4 Å². The van der Waals surface area contributed by atoms with Gasteiger partial charge in [-0.05, 0) is 17.7 Å². The fourth-order valence-electron chi connectivity index (χ4n) is 1.18. The van der Waals surface area contributed by atoms with Gasteiger partial charge in [0, 0.05) is 6.07 Å². The molecule has 1 rings (SSSR count). The molecule has 0 aromatic heterocycles. The van der Waals surface area contributed by atoms with E-state index >= 15 is 0 Å². The zero-order chi connectivity index (χ0) is 12.3. The van der Waals surface area contributed by atoms with Crippen LogP contribution in [0.5, 0.6) is 0 Å². The number of aliphatic hydroxyl groups excluding tert-OH is 1. The molecule has 0 aliphatic rings. The summed E-state index contributed by atoms with van der Waals surface area (Å²) < 4.78 is 13.0. The zero-order valence-corrected chi connectivity index (χ0v) is 7.96. The Kier molecular flexibility index (Phi) is 3.51. The molecule has 0 saturated heterocycles. The molecule has 6 nitrogen and oxygen atoms in total. The lowest BCUT2D eigenvalue weighted by atomic mass is 10.1. The first kappa shape index (κ1) is 12.1. The van der Waals surface area contributed by atoms with Gasteiger partial charge >= 0.3 is 5.97 Å². The summed E-state index contributed by atoms with van der Waals surface area (Å²) >= 11 is 0. The van der Waals surface area contributed by atoms with Gasteiger partial charge in [0.2, 0.25) is 0 Å². The van der Waals surface area contributed by atoms with E-state index in [1.165, 1.54) is 0 Å². The van der Waals surface area contributed by atoms with Crippen LogP contribution in [0, 0.1) is 10.1 Å². The molecule has 0 fully saturated rings. The number of hydrogen-bond donors (Lipinski definition) is 2. The van der Waals surface area contributed by atoms with Crippen molar-refractivity contribution in [1.29, 1.82) is 0 Å². The van der Waals surface area contributed by atoms with Gasteiger partial charge in [-0.1, -0.05) is 0 Å². The summed E-state index contributed by atoms with van der Waals surface area (Å²) in [6, 6.07) is 2.83. The van der Waals surface area contributed by atoms with Crippen molar-refractivity contribution < 1.29 is 24.3 Å². The lowest BCUT2D eigenvalue weighted by molar-refractivity contribution is -0.385. The second-order valence-electron chi connectivity index (χ2n) is 2.99. The van der Waals surface area contributed by atoms with Gasteiger partial charge in [0.25, 0.3) is 5.69 Å². The molecule has 0 heterocycles. The SMILES string of the molecule is O=C(O)c1cc(C(F)CO)ccc1[N+](=O)[O-]. The van der Waals surface area contributed by atoms with Crippen LogP contribution >= 0.6 is 0 Å². The van der Waals surface area contributed by atoms with Gasteiger partial charge in [-0.2, -0.15) is 0 Å². The molecule has 1 unspecified atom stereocenters. The maximum absolute atomic E-state index is 13.0. The van der Waals surface area contributed by atoms with Crippen LogP contribution in [0.15, 0.2) is 18.2 Å². The van der Waals surface area contributed by atoms with Crippen molar-refractivity contribution in [2.75, 3.05) is 6.61 Å². The Morgan fingerprint density at radius 3 is 2.62 bits per heavy atom. The van der Waals surface area contributed by atoms with Crippen molar-refractivity contribution in [3.8, 4) is 0 Å². The zero-order valence-electron chi connectivity index (χ0n) is 7.96. The second-order valence-corrected chi connectivity index (χ2v) is 2.99. The largest absolute Gasteiger partial charge is 0.477 e. The van der Waals surface area contributed by atoms with E-state index in [1.54, 1.807) is 0 Å². The van der Waals surface area contributed by atoms with Crippen molar-refractivity contribution in [1.82, 2.24) is 0 Å². The predicted molar refractivity (Wildman–Crippen MR) is 51.0 cm³/mol. The van der Waals surface area contributed by atoms with E-state index in [4.69, 9.17) is 10.2 Å². The number of carbonyl (C=O) groups is 1. The van der Waals surface area contributed by atoms with Gasteiger partial charge in [0.05, 0.1) is 11.5 Å². The maximum Gasteiger partial charge on any atom is 0.342 e. The highest BCUT2D eigenvalue weighted by Gasteiger charge is 2.22. The molecular weight excluding hydrogens is 221 g/mol. The number of alkyl halides is 1. The van der Waals surface area contributed by atoms with Crippen molar-refractivity contribution in [2.45, 2.75) is 6.17 Å². The van der Waals surface area contributed by atoms with Crippen LogP contribution in [-0.4, -0.2) is 27.7 Å². The molecule has 0 radical (unpaired) electrons. The summed E-state index contributed by atoms with van der Waals surface area (Å²) in [5.41, 5.74) is -1.31. The number of benzene rings is 1. The van der Waals surface area contributed by atoms with Gasteiger partial charge in [-0.3, -0.25) is 10.1 Å². The van der Waals surface area contributed by atoms with Gasteiger partial charge in [-0.25, -0.2) is 9.18 Å². The van der Waals surface area contributed by atoms with Gasteiger partial charge in [0.15, 0.2) is 0 Å². The smallest absolute Gasteiger partial charge is 0.342 e. The van der Waals surface area contributed by atoms with E-state index in [2.05, 4.69) is 0 Å². The Morgan fingerprint density at radius 2 is 2.19 bits per heavy atom. The molecule has 2 N–H and O–H groups in total. The lowest BCUT2D eigenvalue weighted by Gasteiger charge is -2.06. The summed E-state index contributed by atoms with van der Waals surface area (Å²) in [7, 11) is 0. The summed E-state index contributed by atoms with van der Waals surface area (Å²) in [5, 5.41) is 27.7. The molecule has 0 amide bonds. The first-order valence-corrected chi connectivity index (χ1v) is 4.24. The standard InChI is InChI=1S/C9H8FNO5/c10-7(4-12)5-1-2-8(11(15)16)6(3-5)9(13)14/h1-3,7,12H,4H2,(H,13,14). The number of hydrogen-bond acceptors (Lipinski definition) is 4. The third-order valence-electron chi connectivity index (χ3n) is 1.97. The Hall–Kier alpha value is -2.02. The van der Waals surface area contributed by atoms with E-state index in [-0.39, 0.29) is 5.56 Å². The van der Waals surface area contributed by atoms with Crippen molar-refractivity contribution in [3.63, 3.8) is 0 Å². The van der Waals surface area contributed by atoms with Crippen LogP contribution < -0.4 is 0 Å². The molecular formula is C9H8FNO5. The number of halogens is 1. The number of nitro groups is 1. The van der Waals surface area contributed by atoms with E-state index in [9.17, 15) is 19.3 Å². The molecule has 0 bridgehead atoms. The molecule has 16 heavy (non-hydrogen) atoms. The molecule has 86 valence electrons. The summed E-state index contributed by atoms with van der Waals surface area (Å²) in [4.78, 5) is 20.3. The first-order chi connectivity index (χ1) is 7.47. The second kappa shape index (κ2) is 4.67. The average Bonchev–Trinajstić information content (AvgIpc) is 2.26. The molecule has 0 aliphatic heterocycles. The highest BCUT2D eigenvalue weighted by Crippen LogP contribution is 2.24. The van der Waals surface area contributed by atoms with Gasteiger partial charge in [-0.15, -0.1) is 0 Å². The number of nitrogens with zero attached hydrogens (tertiary/aromatic N) is 1. The highest BCUT2D eigenvalue weighted by molar-refractivity contribution is 5.92. The third-order valence-corrected chi connectivity index (χ3v) is 1.97. The van der Waals surface area contributed by atoms with Crippen LogP contribution in [0.1, 0.15) is 22.1 Å².